The van der Waals surface area contributed by atoms with Crippen LogP contribution in [-0.4, -0.2) is 24.1 Å². The third kappa shape index (κ3) is 4.80. The molecule has 0 amide bonds. The van der Waals surface area contributed by atoms with Crippen LogP contribution in [-0.2, 0) is 0 Å². The average molecular weight is 696 g/mol. The molecule has 4 heterocycles. The first-order valence-electron chi connectivity index (χ1n) is 17.7. The summed E-state index contributed by atoms with van der Waals surface area (Å²) in [6, 6.07) is 59.8. The molecule has 4 aromatic heterocycles. The topological polar surface area (TPSA) is 48.5 Å². The van der Waals surface area contributed by atoms with Crippen molar-refractivity contribution in [2.24, 2.45) is 0 Å². The minimum absolute atomic E-state index is 0.639. The van der Waals surface area contributed by atoms with Crippen LogP contribution in [0, 0.1) is 0 Å². The highest BCUT2D eigenvalue weighted by molar-refractivity contribution is 7.26. The molecule has 0 aliphatic rings. The molecule has 0 fully saturated rings. The number of hydrogen-bond acceptors (Lipinski definition) is 4. The smallest absolute Gasteiger partial charge is 0.164 e. The second-order valence-corrected chi connectivity index (χ2v) is 14.4. The van der Waals surface area contributed by atoms with E-state index in [-0.39, 0.29) is 0 Å². The summed E-state index contributed by atoms with van der Waals surface area (Å²) in [6.45, 7) is 0. The molecule has 0 aliphatic heterocycles. The summed E-state index contributed by atoms with van der Waals surface area (Å²) in [6.07, 6.45) is 2.17. The van der Waals surface area contributed by atoms with Gasteiger partial charge in [-0.3, -0.25) is 0 Å². The van der Waals surface area contributed by atoms with Crippen molar-refractivity contribution in [3.05, 3.63) is 176 Å². The van der Waals surface area contributed by atoms with Gasteiger partial charge in [0.1, 0.15) is 0 Å². The largest absolute Gasteiger partial charge is 0.316 e. The van der Waals surface area contributed by atoms with Crippen LogP contribution in [0.4, 0.5) is 0 Å². The first kappa shape index (κ1) is 29.8. The number of aromatic nitrogens is 5. The quantitative estimate of drug-likeness (QED) is 0.180. The van der Waals surface area contributed by atoms with E-state index < -0.39 is 0 Å². The van der Waals surface area contributed by atoms with Crippen LogP contribution in [0.1, 0.15) is 0 Å². The Morgan fingerprint density at radius 3 is 1.70 bits per heavy atom. The lowest BCUT2D eigenvalue weighted by Gasteiger charge is -2.12. The van der Waals surface area contributed by atoms with Gasteiger partial charge in [-0.15, -0.1) is 11.3 Å². The number of thiophene rings is 1. The lowest BCUT2D eigenvalue weighted by molar-refractivity contribution is 1.07. The number of rotatable bonds is 5. The van der Waals surface area contributed by atoms with E-state index in [4.69, 9.17) is 15.0 Å². The van der Waals surface area contributed by atoms with Gasteiger partial charge in [0.25, 0.3) is 0 Å². The normalized spacial score (nSPS) is 11.8. The summed E-state index contributed by atoms with van der Waals surface area (Å²) in [5.74, 6) is 1.94. The molecule has 11 rings (SSSR count). The van der Waals surface area contributed by atoms with E-state index >= 15 is 0 Å². The predicted molar refractivity (Wildman–Crippen MR) is 220 cm³/mol. The molecule has 7 aromatic carbocycles. The highest BCUT2D eigenvalue weighted by Crippen LogP contribution is 2.44. The summed E-state index contributed by atoms with van der Waals surface area (Å²) in [5, 5.41) is 6.26. The lowest BCUT2D eigenvalue weighted by Crippen LogP contribution is -2.00. The van der Waals surface area contributed by atoms with E-state index in [0.29, 0.717) is 17.5 Å². The van der Waals surface area contributed by atoms with Crippen molar-refractivity contribution >= 4 is 64.2 Å². The second-order valence-electron chi connectivity index (χ2n) is 13.3. The Balaban J connectivity index is 1.15. The van der Waals surface area contributed by atoms with E-state index in [2.05, 4.69) is 125 Å². The molecular formula is C47H29N5S. The van der Waals surface area contributed by atoms with Gasteiger partial charge in [-0.25, -0.2) is 15.0 Å². The van der Waals surface area contributed by atoms with Crippen molar-refractivity contribution in [1.29, 1.82) is 0 Å². The number of nitrogens with zero attached hydrogens (tertiary/aromatic N) is 5. The van der Waals surface area contributed by atoms with Crippen molar-refractivity contribution in [3.63, 3.8) is 0 Å². The first-order chi connectivity index (χ1) is 26.3. The fourth-order valence-corrected chi connectivity index (χ4v) is 8.83. The number of para-hydroxylation sites is 1. The number of fused-ring (bicyclic) bond motifs is 8. The van der Waals surface area contributed by atoms with Crippen LogP contribution in [0.5, 0.6) is 0 Å². The number of benzene rings is 7. The Kier molecular flexibility index (Phi) is 6.66. The molecule has 0 saturated heterocycles. The fraction of sp³-hybridized carbons (Fsp3) is 0. The SMILES string of the molecule is c1ccc(-c2nc(-c3ccccc3)nc(-c3ccc(-n4c5cc6c(ccn6-c6ccccc6)cc5c5ccc6sc7ccccc7c6c54)cc3)n2)cc1. The van der Waals surface area contributed by atoms with Crippen LogP contribution < -0.4 is 0 Å². The molecule has 0 spiro atoms. The molecule has 11 aromatic rings. The molecule has 0 unspecified atom stereocenters. The molecule has 0 radical (unpaired) electrons. The maximum absolute atomic E-state index is 5.00. The third-order valence-electron chi connectivity index (χ3n) is 10.2. The van der Waals surface area contributed by atoms with E-state index in [1.807, 2.05) is 72.0 Å². The molecule has 0 saturated carbocycles. The van der Waals surface area contributed by atoms with E-state index in [1.165, 1.54) is 47.4 Å². The molecule has 0 aliphatic carbocycles. The maximum atomic E-state index is 5.00. The Morgan fingerprint density at radius 2 is 1.02 bits per heavy atom. The molecule has 0 bridgehead atoms. The summed E-state index contributed by atoms with van der Waals surface area (Å²) in [7, 11) is 0. The predicted octanol–water partition coefficient (Wildman–Crippen LogP) is 12.3. The van der Waals surface area contributed by atoms with Crippen molar-refractivity contribution < 1.29 is 0 Å². The lowest BCUT2D eigenvalue weighted by atomic mass is 10.1. The van der Waals surface area contributed by atoms with Gasteiger partial charge >= 0.3 is 0 Å². The Morgan fingerprint density at radius 1 is 0.415 bits per heavy atom. The average Bonchev–Trinajstić information content (AvgIpc) is 3.92. The molecule has 248 valence electrons. The zero-order valence-electron chi connectivity index (χ0n) is 28.4. The van der Waals surface area contributed by atoms with Gasteiger partial charge in [-0.2, -0.15) is 0 Å². The van der Waals surface area contributed by atoms with Gasteiger partial charge in [0.15, 0.2) is 17.5 Å². The van der Waals surface area contributed by atoms with Crippen molar-refractivity contribution in [2.75, 3.05) is 0 Å². The molecule has 0 N–H and O–H groups in total. The van der Waals surface area contributed by atoms with Crippen LogP contribution in [0.3, 0.4) is 0 Å². The summed E-state index contributed by atoms with van der Waals surface area (Å²) in [5.41, 5.74) is 8.61. The first-order valence-corrected chi connectivity index (χ1v) is 18.5. The van der Waals surface area contributed by atoms with E-state index in [0.717, 1.165) is 33.6 Å². The van der Waals surface area contributed by atoms with E-state index in [1.54, 1.807) is 0 Å². The molecular weight excluding hydrogens is 667 g/mol. The van der Waals surface area contributed by atoms with Crippen LogP contribution in [0.25, 0.3) is 98.4 Å². The van der Waals surface area contributed by atoms with Crippen molar-refractivity contribution in [3.8, 4) is 45.5 Å². The molecule has 6 heteroatoms. The van der Waals surface area contributed by atoms with Gasteiger partial charge in [-0.05, 0) is 66.7 Å². The Bertz CT molecular complexity index is 3080. The highest BCUT2D eigenvalue weighted by atomic mass is 32.1. The monoisotopic (exact) mass is 695 g/mol. The minimum atomic E-state index is 0.639. The van der Waals surface area contributed by atoms with E-state index in [9.17, 15) is 0 Å². The van der Waals surface area contributed by atoms with Gasteiger partial charge in [0.2, 0.25) is 0 Å². The molecule has 53 heavy (non-hydrogen) atoms. The Hall–Kier alpha value is -6.89. The summed E-state index contributed by atoms with van der Waals surface area (Å²) in [4.78, 5) is 14.9. The standard InChI is InChI=1S/C47H29N5S/c1-4-12-30(13-5-1)45-48-46(31-14-6-2-7-15-31)50-47(49-45)32-20-22-35(23-21-32)52-40-29-39-33(26-27-51(39)34-16-8-3-9-17-34)28-38(40)36-24-25-42-43(44(36)52)37-18-10-11-19-41(37)53-42/h1-29H. The van der Waals surface area contributed by atoms with Gasteiger partial charge in [0.05, 0.1) is 16.6 Å². The van der Waals surface area contributed by atoms with Gasteiger partial charge < -0.3 is 9.13 Å². The minimum Gasteiger partial charge on any atom is -0.316 e. The van der Waals surface area contributed by atoms with Crippen LogP contribution >= 0.6 is 11.3 Å². The number of hydrogen-bond donors (Lipinski definition) is 0. The highest BCUT2D eigenvalue weighted by Gasteiger charge is 2.20. The zero-order chi connectivity index (χ0) is 34.9. The summed E-state index contributed by atoms with van der Waals surface area (Å²) >= 11 is 1.85. The molecule has 5 nitrogen and oxygen atoms in total. The third-order valence-corrected chi connectivity index (χ3v) is 11.3. The zero-order valence-corrected chi connectivity index (χ0v) is 29.2. The van der Waals surface area contributed by atoms with Crippen molar-refractivity contribution in [2.45, 2.75) is 0 Å². The fourth-order valence-electron chi connectivity index (χ4n) is 7.72. The van der Waals surface area contributed by atoms with Crippen LogP contribution in [0.2, 0.25) is 0 Å². The van der Waals surface area contributed by atoms with Crippen LogP contribution in [0.15, 0.2) is 176 Å². The van der Waals surface area contributed by atoms with Gasteiger partial charge in [-0.1, -0.05) is 103 Å². The van der Waals surface area contributed by atoms with Crippen molar-refractivity contribution in [1.82, 2.24) is 24.1 Å². The maximum Gasteiger partial charge on any atom is 0.164 e. The Labute approximate surface area is 308 Å². The second kappa shape index (κ2) is 11.8. The van der Waals surface area contributed by atoms with Gasteiger partial charge in [0, 0.05) is 70.6 Å². The summed E-state index contributed by atoms with van der Waals surface area (Å²) < 4.78 is 7.31. The molecule has 0 atom stereocenters.